The van der Waals surface area contributed by atoms with Crippen molar-refractivity contribution >= 4 is 5.97 Å². The van der Waals surface area contributed by atoms with Crippen molar-refractivity contribution in [3.63, 3.8) is 0 Å². The molecule has 4 heteroatoms. The Morgan fingerprint density at radius 3 is 2.67 bits per heavy atom. The van der Waals surface area contributed by atoms with Gasteiger partial charge in [0.15, 0.2) is 0 Å². The van der Waals surface area contributed by atoms with Gasteiger partial charge >= 0.3 is 5.97 Å². The lowest BCUT2D eigenvalue weighted by Crippen LogP contribution is -2.34. The van der Waals surface area contributed by atoms with Crippen LogP contribution < -0.4 is 10.1 Å². The predicted molar refractivity (Wildman–Crippen MR) is 70.6 cm³/mol. The Balaban J connectivity index is 2.96. The van der Waals surface area contributed by atoms with Crippen LogP contribution in [-0.2, 0) is 9.53 Å². The minimum Gasteiger partial charge on any atom is -0.497 e. The van der Waals surface area contributed by atoms with Crippen molar-refractivity contribution < 1.29 is 14.3 Å². The average molecular weight is 251 g/mol. The number of benzene rings is 1. The highest BCUT2D eigenvalue weighted by molar-refractivity contribution is 5.77. The van der Waals surface area contributed by atoms with Crippen molar-refractivity contribution in [2.45, 2.75) is 32.9 Å². The van der Waals surface area contributed by atoms with Gasteiger partial charge in [0.2, 0.25) is 0 Å². The van der Waals surface area contributed by atoms with Gasteiger partial charge in [0.25, 0.3) is 0 Å². The Bertz CT molecular complexity index is 390. The maximum absolute atomic E-state index is 12.0. The molecule has 0 aliphatic rings. The van der Waals surface area contributed by atoms with Gasteiger partial charge in [-0.05, 0) is 38.5 Å². The van der Waals surface area contributed by atoms with Crippen molar-refractivity contribution in [3.8, 4) is 5.75 Å². The Morgan fingerprint density at radius 1 is 1.39 bits per heavy atom. The Kier molecular flexibility index (Phi) is 5.65. The Labute approximate surface area is 108 Å². The molecule has 0 radical (unpaired) electrons. The number of hydrogen-bond acceptors (Lipinski definition) is 4. The average Bonchev–Trinajstić information content (AvgIpc) is 2.36. The second kappa shape index (κ2) is 7.01. The highest BCUT2D eigenvalue weighted by Gasteiger charge is 2.22. The molecule has 0 fully saturated rings. The van der Waals surface area contributed by atoms with E-state index in [1.807, 2.05) is 38.1 Å². The summed E-state index contributed by atoms with van der Waals surface area (Å²) in [7, 11) is 1.61. The van der Waals surface area contributed by atoms with E-state index in [2.05, 4.69) is 5.32 Å². The SMILES string of the molecule is CCOC(=O)C(NC(C)C)c1cccc(OC)c1. The fourth-order valence-electron chi connectivity index (χ4n) is 1.68. The minimum absolute atomic E-state index is 0.186. The third-order valence-corrected chi connectivity index (χ3v) is 2.45. The molecule has 0 saturated heterocycles. The molecule has 100 valence electrons. The molecule has 0 spiro atoms. The quantitative estimate of drug-likeness (QED) is 0.788. The van der Waals surface area contributed by atoms with Crippen LogP contribution in [0.4, 0.5) is 0 Å². The normalized spacial score (nSPS) is 12.3. The summed E-state index contributed by atoms with van der Waals surface area (Å²) in [6, 6.07) is 7.17. The van der Waals surface area contributed by atoms with E-state index in [0.29, 0.717) is 6.61 Å². The van der Waals surface area contributed by atoms with E-state index in [9.17, 15) is 4.79 Å². The van der Waals surface area contributed by atoms with E-state index < -0.39 is 6.04 Å². The largest absolute Gasteiger partial charge is 0.497 e. The molecule has 18 heavy (non-hydrogen) atoms. The molecule has 1 aromatic carbocycles. The van der Waals surface area contributed by atoms with E-state index in [1.165, 1.54) is 0 Å². The van der Waals surface area contributed by atoms with Crippen LogP contribution in [0.2, 0.25) is 0 Å². The van der Waals surface area contributed by atoms with Crippen LogP contribution in [-0.4, -0.2) is 25.7 Å². The van der Waals surface area contributed by atoms with Crippen molar-refractivity contribution in [2.75, 3.05) is 13.7 Å². The summed E-state index contributed by atoms with van der Waals surface area (Å²) in [4.78, 5) is 12.0. The number of ether oxygens (including phenoxy) is 2. The molecule has 1 aromatic rings. The van der Waals surface area contributed by atoms with Gasteiger partial charge < -0.3 is 9.47 Å². The first-order valence-electron chi connectivity index (χ1n) is 6.15. The summed E-state index contributed by atoms with van der Waals surface area (Å²) in [6.45, 7) is 6.16. The third-order valence-electron chi connectivity index (χ3n) is 2.45. The molecule has 1 atom stereocenters. The molecule has 0 heterocycles. The highest BCUT2D eigenvalue weighted by atomic mass is 16.5. The summed E-state index contributed by atoms with van der Waals surface area (Å²) in [5.74, 6) is 0.465. The number of methoxy groups -OCH3 is 1. The zero-order valence-electron chi connectivity index (χ0n) is 11.4. The molecular formula is C14H21NO3. The van der Waals surface area contributed by atoms with Crippen LogP contribution in [0, 0.1) is 0 Å². The molecule has 4 nitrogen and oxygen atoms in total. The molecule has 0 bridgehead atoms. The van der Waals surface area contributed by atoms with Crippen molar-refractivity contribution in [3.05, 3.63) is 29.8 Å². The standard InChI is InChI=1S/C14H21NO3/c1-5-18-14(16)13(15-10(2)3)11-7-6-8-12(9-11)17-4/h6-10,13,15H,5H2,1-4H3. The summed E-state index contributed by atoms with van der Waals surface area (Å²) in [6.07, 6.45) is 0. The first kappa shape index (κ1) is 14.5. The van der Waals surface area contributed by atoms with E-state index in [4.69, 9.17) is 9.47 Å². The zero-order chi connectivity index (χ0) is 13.5. The van der Waals surface area contributed by atoms with Crippen LogP contribution in [0.3, 0.4) is 0 Å². The van der Waals surface area contributed by atoms with Crippen LogP contribution in [0.5, 0.6) is 5.75 Å². The molecule has 0 aliphatic heterocycles. The Hall–Kier alpha value is -1.55. The van der Waals surface area contributed by atoms with Gasteiger partial charge in [0.05, 0.1) is 13.7 Å². The van der Waals surface area contributed by atoms with Crippen molar-refractivity contribution in [1.29, 1.82) is 0 Å². The number of rotatable bonds is 6. The van der Waals surface area contributed by atoms with Gasteiger partial charge in [-0.25, -0.2) is 4.79 Å². The molecule has 1 N–H and O–H groups in total. The monoisotopic (exact) mass is 251 g/mol. The van der Waals surface area contributed by atoms with Crippen LogP contribution >= 0.6 is 0 Å². The van der Waals surface area contributed by atoms with Gasteiger partial charge in [0, 0.05) is 6.04 Å². The summed E-state index contributed by atoms with van der Waals surface area (Å²) < 4.78 is 10.3. The molecular weight excluding hydrogens is 230 g/mol. The highest BCUT2D eigenvalue weighted by Crippen LogP contribution is 2.20. The molecule has 0 aliphatic carbocycles. The number of esters is 1. The lowest BCUT2D eigenvalue weighted by molar-refractivity contribution is -0.146. The zero-order valence-corrected chi connectivity index (χ0v) is 11.4. The van der Waals surface area contributed by atoms with Crippen LogP contribution in [0.1, 0.15) is 32.4 Å². The smallest absolute Gasteiger partial charge is 0.327 e. The fourth-order valence-corrected chi connectivity index (χ4v) is 1.68. The van der Waals surface area contributed by atoms with E-state index in [0.717, 1.165) is 11.3 Å². The first-order chi connectivity index (χ1) is 8.58. The first-order valence-corrected chi connectivity index (χ1v) is 6.15. The van der Waals surface area contributed by atoms with Crippen LogP contribution in [0.25, 0.3) is 0 Å². The third kappa shape index (κ3) is 4.04. The van der Waals surface area contributed by atoms with Crippen LogP contribution in [0.15, 0.2) is 24.3 Å². The second-order valence-electron chi connectivity index (χ2n) is 4.28. The topological polar surface area (TPSA) is 47.6 Å². The Morgan fingerprint density at radius 2 is 2.11 bits per heavy atom. The van der Waals surface area contributed by atoms with Gasteiger partial charge in [-0.1, -0.05) is 12.1 Å². The number of nitrogens with one attached hydrogen (secondary N) is 1. The maximum Gasteiger partial charge on any atom is 0.327 e. The van der Waals surface area contributed by atoms with Crippen molar-refractivity contribution in [1.82, 2.24) is 5.32 Å². The molecule has 0 amide bonds. The number of carbonyl (C=O) groups is 1. The van der Waals surface area contributed by atoms with Crippen molar-refractivity contribution in [2.24, 2.45) is 0 Å². The predicted octanol–water partition coefficient (Wildman–Crippen LogP) is 2.30. The van der Waals surface area contributed by atoms with E-state index >= 15 is 0 Å². The summed E-state index contributed by atoms with van der Waals surface area (Å²) >= 11 is 0. The molecule has 0 saturated carbocycles. The molecule has 0 aromatic heterocycles. The van der Waals surface area contributed by atoms with Gasteiger partial charge in [0.1, 0.15) is 11.8 Å². The van der Waals surface area contributed by atoms with Gasteiger partial charge in [-0.2, -0.15) is 0 Å². The lowest BCUT2D eigenvalue weighted by atomic mass is 10.1. The van der Waals surface area contributed by atoms with E-state index in [-0.39, 0.29) is 12.0 Å². The molecule has 1 rings (SSSR count). The minimum atomic E-state index is -0.458. The van der Waals surface area contributed by atoms with E-state index in [1.54, 1.807) is 14.0 Å². The lowest BCUT2D eigenvalue weighted by Gasteiger charge is -2.20. The maximum atomic E-state index is 12.0. The number of carbonyl (C=O) groups excluding carboxylic acids is 1. The number of hydrogen-bond donors (Lipinski definition) is 1. The molecule has 1 unspecified atom stereocenters. The van der Waals surface area contributed by atoms with Gasteiger partial charge in [-0.3, -0.25) is 5.32 Å². The fraction of sp³-hybridized carbons (Fsp3) is 0.500. The second-order valence-corrected chi connectivity index (χ2v) is 4.28. The summed E-state index contributed by atoms with van der Waals surface area (Å²) in [5.41, 5.74) is 0.849. The van der Waals surface area contributed by atoms with Gasteiger partial charge in [-0.15, -0.1) is 0 Å². The summed E-state index contributed by atoms with van der Waals surface area (Å²) in [5, 5.41) is 3.20.